The van der Waals surface area contributed by atoms with Gasteiger partial charge >= 0.3 is 0 Å². The van der Waals surface area contributed by atoms with Crippen LogP contribution in [0.3, 0.4) is 0 Å². The molecule has 0 bridgehead atoms. The average molecular weight is 577 g/mol. The molecule has 214 valence electrons. The monoisotopic (exact) mass is 576 g/mol. The van der Waals surface area contributed by atoms with Crippen LogP contribution in [0.2, 0.25) is 0 Å². The third kappa shape index (κ3) is 8.31. The molecule has 0 aromatic heterocycles. The summed E-state index contributed by atoms with van der Waals surface area (Å²) in [5.41, 5.74) is 0. The van der Waals surface area contributed by atoms with Crippen LogP contribution in [0.15, 0.2) is 24.7 Å². The van der Waals surface area contributed by atoms with Gasteiger partial charge < -0.3 is 43.5 Å². The third-order valence-corrected chi connectivity index (χ3v) is 8.16. The number of carbonyl (C=O) groups is 1. The maximum absolute atomic E-state index is 11.8. The van der Waals surface area contributed by atoms with E-state index in [0.717, 1.165) is 0 Å². The summed E-state index contributed by atoms with van der Waals surface area (Å²) in [6, 6.07) is 2.14. The topological polar surface area (TPSA) is 129 Å². The maximum atomic E-state index is 11.8. The highest BCUT2D eigenvalue weighted by Crippen LogP contribution is 2.49. The van der Waals surface area contributed by atoms with Crippen LogP contribution in [-0.2, 0) is 28.1 Å². The predicted molar refractivity (Wildman–Crippen MR) is 146 cm³/mol. The van der Waals surface area contributed by atoms with E-state index in [1.54, 1.807) is 11.1 Å². The lowest BCUT2D eigenvalue weighted by molar-refractivity contribution is -0.118. The first kappa shape index (κ1) is 29.1. The Labute approximate surface area is 234 Å². The molecule has 5 atom stereocenters. The van der Waals surface area contributed by atoms with E-state index >= 15 is 0 Å². The SMILES string of the molecule is [2H]C[C@H]1O[C@@H](N2C=CC(=O)NC2=C)[C@@H](OC(=S)N2CCOCC2)C1OP(OCC#N)N(C(C)C)C(C)C.[3H]OC. The Hall–Kier alpha value is -1.88. The van der Waals surface area contributed by atoms with Crippen LogP contribution >= 0.6 is 20.7 Å². The molecule has 2 fully saturated rings. The Balaban J connectivity index is 0.00000178. The number of carbonyl (C=O) groups excluding carboxylic acids is 1. The van der Waals surface area contributed by atoms with Crippen molar-refractivity contribution in [2.24, 2.45) is 0 Å². The Bertz CT molecular complexity index is 915. The molecule has 12 nitrogen and oxygen atoms in total. The molecule has 0 radical (unpaired) electrons. The van der Waals surface area contributed by atoms with E-state index in [-0.39, 0.29) is 36.7 Å². The van der Waals surface area contributed by atoms with Gasteiger partial charge in [-0.15, -0.1) is 0 Å². The largest absolute Gasteiger partial charge is 0.460 e. The van der Waals surface area contributed by atoms with E-state index in [1.165, 1.54) is 13.2 Å². The highest BCUT2D eigenvalue weighted by Gasteiger charge is 2.51. The fourth-order valence-electron chi connectivity index (χ4n) is 4.16. The van der Waals surface area contributed by atoms with Crippen molar-refractivity contribution in [3.63, 3.8) is 0 Å². The minimum Gasteiger partial charge on any atom is -0.460 e. The molecular formula is C24H40N5O7PS. The van der Waals surface area contributed by atoms with E-state index in [9.17, 15) is 10.1 Å². The first-order valence-corrected chi connectivity index (χ1v) is 13.8. The second-order valence-electron chi connectivity index (χ2n) is 8.98. The summed E-state index contributed by atoms with van der Waals surface area (Å²) in [5, 5.41) is 15.6. The van der Waals surface area contributed by atoms with Crippen molar-refractivity contribution >= 4 is 31.8 Å². The Morgan fingerprint density at radius 2 is 2.11 bits per heavy atom. The average Bonchev–Trinajstić information content (AvgIpc) is 3.24. The molecule has 3 rings (SSSR count). The van der Waals surface area contributed by atoms with Gasteiger partial charge in [-0.25, -0.2) is 4.67 Å². The van der Waals surface area contributed by atoms with E-state index in [1.807, 2.05) is 38.7 Å². The zero-order valence-corrected chi connectivity index (χ0v) is 24.3. The van der Waals surface area contributed by atoms with Gasteiger partial charge in [-0.05, 0) is 46.8 Å². The molecule has 0 aromatic carbocycles. The predicted octanol–water partition coefficient (Wildman–Crippen LogP) is 2.03. The molecule has 14 heteroatoms. The fraction of sp³-hybridized carbons (Fsp3) is 0.708. The summed E-state index contributed by atoms with van der Waals surface area (Å²) < 4.78 is 46.5. The standard InChI is InChI=1S/C23H36N5O6PS.CH4O/c1-15(2)28(16(3)4)35(31-12-8-24)34-20-17(5)32-22(27-9-7-19(29)25-18(27)6)21(20)33-23(36)26-10-13-30-14-11-26;1-2/h7,9,15-17,20-22H,6,10-14H2,1-5H3,(H,25,29);2H,1H3/t17-,20?,21+,22-,35?;/m1./s1/i5D;2T. The minimum absolute atomic E-state index is 0.0613. The first-order valence-electron chi connectivity index (χ1n) is 13.4. The van der Waals surface area contributed by atoms with Gasteiger partial charge in [0, 0.05) is 45.9 Å². The van der Waals surface area contributed by atoms with Crippen molar-refractivity contribution < 1.29 is 34.5 Å². The summed E-state index contributed by atoms with van der Waals surface area (Å²) in [5.74, 6) is 0.00470. The molecule has 3 aliphatic rings. The van der Waals surface area contributed by atoms with Crippen LogP contribution in [-0.4, -0.2) is 109 Å². The zero-order chi connectivity index (χ0) is 29.8. The number of nitrogens with one attached hydrogen (secondary N) is 1. The van der Waals surface area contributed by atoms with Crippen molar-refractivity contribution in [1.82, 2.24) is 19.8 Å². The van der Waals surface area contributed by atoms with Crippen molar-refractivity contribution in [2.75, 3.05) is 40.0 Å². The first-order chi connectivity index (χ1) is 19.1. The Morgan fingerprint density at radius 3 is 2.66 bits per heavy atom. The number of thiocarbonyl (C=S) groups is 1. The van der Waals surface area contributed by atoms with Gasteiger partial charge in [0.05, 0.1) is 25.4 Å². The lowest BCUT2D eigenvalue weighted by atomic mass is 10.1. The number of aliphatic hydroxyl groups is 1. The van der Waals surface area contributed by atoms with Crippen molar-refractivity contribution in [1.29, 1.82) is 6.69 Å². The zero-order valence-electron chi connectivity index (χ0n) is 24.6. The number of hydrogen-bond donors (Lipinski definition) is 2. The quantitative estimate of drug-likeness (QED) is 0.308. The van der Waals surface area contributed by atoms with Crippen LogP contribution in [0, 0.1) is 11.3 Å². The van der Waals surface area contributed by atoms with Crippen LogP contribution in [0.1, 0.15) is 36.0 Å². The second kappa shape index (κ2) is 15.6. The summed E-state index contributed by atoms with van der Waals surface area (Å²) in [7, 11) is -0.420. The third-order valence-electron chi connectivity index (χ3n) is 5.73. The number of rotatable bonds is 9. The maximum Gasteiger partial charge on any atom is 0.260 e. The molecule has 0 aromatic rings. The van der Waals surface area contributed by atoms with E-state index in [0.29, 0.717) is 32.1 Å². The molecule has 0 aliphatic carbocycles. The van der Waals surface area contributed by atoms with Crippen LogP contribution in [0.4, 0.5) is 0 Å². The van der Waals surface area contributed by atoms with E-state index in [2.05, 4.69) is 21.7 Å². The molecule has 1 amide bonds. The Morgan fingerprint density at radius 1 is 1.45 bits per heavy atom. The molecule has 0 saturated carbocycles. The number of nitriles is 1. The smallest absolute Gasteiger partial charge is 0.260 e. The van der Waals surface area contributed by atoms with Crippen LogP contribution in [0.5, 0.6) is 0 Å². The summed E-state index contributed by atoms with van der Waals surface area (Å²) in [4.78, 5) is 15.4. The van der Waals surface area contributed by atoms with Crippen LogP contribution < -0.4 is 5.32 Å². The number of ether oxygens (including phenoxy) is 3. The number of morpholine rings is 1. The van der Waals surface area contributed by atoms with Crippen molar-refractivity contribution in [3.8, 4) is 6.07 Å². The fourth-order valence-corrected chi connectivity index (χ4v) is 6.14. The van der Waals surface area contributed by atoms with Crippen molar-refractivity contribution in [3.05, 3.63) is 24.7 Å². The van der Waals surface area contributed by atoms with Gasteiger partial charge in [-0.2, -0.15) is 5.26 Å². The van der Waals surface area contributed by atoms with Gasteiger partial charge in [0.25, 0.3) is 19.6 Å². The lowest BCUT2D eigenvalue weighted by Crippen LogP contribution is -2.51. The van der Waals surface area contributed by atoms with E-state index < -0.39 is 33.1 Å². The summed E-state index contributed by atoms with van der Waals surface area (Å²) >= 11 is 5.64. The van der Waals surface area contributed by atoms with Crippen LogP contribution in [0.25, 0.3) is 0 Å². The highest BCUT2D eigenvalue weighted by molar-refractivity contribution is 7.80. The van der Waals surface area contributed by atoms with Gasteiger partial charge in [-0.3, -0.25) is 4.79 Å². The number of aliphatic hydroxyl groups excluding tert-OH is 1. The molecule has 3 aliphatic heterocycles. The normalized spacial score (nSPS) is 26.9. The van der Waals surface area contributed by atoms with Gasteiger partial charge in [0.2, 0.25) is 1.43 Å². The van der Waals surface area contributed by atoms with Gasteiger partial charge in [0.1, 0.15) is 18.5 Å². The Kier molecular flexibility index (Phi) is 12.0. The molecule has 0 spiro atoms. The molecule has 2 N–H and O–H groups in total. The molecule has 2 unspecified atom stereocenters. The second-order valence-corrected chi connectivity index (χ2v) is 10.7. The number of amides is 1. The lowest BCUT2D eigenvalue weighted by Gasteiger charge is -2.39. The molecule has 3 heterocycles. The molecule has 38 heavy (non-hydrogen) atoms. The summed E-state index contributed by atoms with van der Waals surface area (Å²) in [6.45, 7) is 14.0. The molecular weight excluding hydrogens is 533 g/mol. The number of hydrogen-bond acceptors (Lipinski definition) is 11. The summed E-state index contributed by atoms with van der Waals surface area (Å²) in [6.07, 6.45) is -0.112. The van der Waals surface area contributed by atoms with E-state index in [4.69, 9.17) is 38.3 Å². The van der Waals surface area contributed by atoms with Gasteiger partial charge in [0.15, 0.2) is 12.3 Å². The van der Waals surface area contributed by atoms with Gasteiger partial charge in [-0.1, -0.05) is 6.58 Å². The minimum atomic E-state index is -1.71. The molecule has 2 saturated heterocycles. The number of nitrogens with zero attached hydrogens (tertiary/aromatic N) is 4. The van der Waals surface area contributed by atoms with Crippen molar-refractivity contribution in [2.45, 2.75) is 71.2 Å². The highest BCUT2D eigenvalue weighted by atomic mass is 32.1.